The molecule has 0 radical (unpaired) electrons. The Morgan fingerprint density at radius 2 is 1.65 bits per heavy atom. The van der Waals surface area contributed by atoms with Crippen LogP contribution < -0.4 is 9.64 Å². The van der Waals surface area contributed by atoms with Crippen molar-refractivity contribution in [3.8, 4) is 5.75 Å². The molecule has 3 heterocycles. The summed E-state index contributed by atoms with van der Waals surface area (Å²) in [5, 5.41) is 0.119. The number of nitrogens with zero attached hydrogens (tertiary/aromatic N) is 3. The molecule has 0 atom stereocenters. The number of amides is 2. The average Bonchev–Trinajstić information content (AvgIpc) is 2.99. The topological polar surface area (TPSA) is 96.9 Å². The third kappa shape index (κ3) is 6.53. The van der Waals surface area contributed by atoms with Crippen LogP contribution in [0.1, 0.15) is 54.4 Å². The van der Waals surface area contributed by atoms with Crippen LogP contribution in [0.5, 0.6) is 5.75 Å². The standard InChI is InChI=1S/C31H35N3O5S/c35-30-16-13-24-8-2-3-9-28(24)34(30)26-17-20-33(21-18-26)31(36)25-11-14-27(15-12-25)39-22-6-1-7-23-40(37,38)29-10-4-5-19-32-29/h2-5,8-12,14-15,19,26H,1,6-7,13,16-18,20-23H2. The summed E-state index contributed by atoms with van der Waals surface area (Å²) in [5.74, 6) is 0.913. The van der Waals surface area contributed by atoms with Crippen LogP contribution in [0.2, 0.25) is 0 Å². The largest absolute Gasteiger partial charge is 0.494 e. The number of unbranched alkanes of at least 4 members (excludes halogenated alkanes) is 2. The second-order valence-electron chi connectivity index (χ2n) is 10.3. The Hall–Kier alpha value is -3.72. The lowest BCUT2D eigenvalue weighted by atomic mass is 9.95. The van der Waals surface area contributed by atoms with Crippen molar-refractivity contribution in [2.24, 2.45) is 0 Å². The number of hydrogen-bond acceptors (Lipinski definition) is 6. The molecule has 1 aromatic heterocycles. The monoisotopic (exact) mass is 561 g/mol. The number of carbonyl (C=O) groups is 2. The number of pyridine rings is 1. The molecule has 1 saturated heterocycles. The molecule has 40 heavy (non-hydrogen) atoms. The second-order valence-corrected chi connectivity index (χ2v) is 12.4. The van der Waals surface area contributed by atoms with Crippen molar-refractivity contribution in [2.75, 3.05) is 30.3 Å². The van der Waals surface area contributed by atoms with Crippen molar-refractivity contribution >= 4 is 27.3 Å². The Kier molecular flexibility index (Phi) is 8.79. The first kappa shape index (κ1) is 27.8. The zero-order valence-corrected chi connectivity index (χ0v) is 23.4. The predicted molar refractivity (Wildman–Crippen MR) is 153 cm³/mol. The van der Waals surface area contributed by atoms with Gasteiger partial charge in [0.25, 0.3) is 5.91 Å². The lowest BCUT2D eigenvalue weighted by Gasteiger charge is -2.41. The minimum atomic E-state index is -3.35. The van der Waals surface area contributed by atoms with Gasteiger partial charge in [-0.2, -0.15) is 0 Å². The highest BCUT2D eigenvalue weighted by Crippen LogP contribution is 2.32. The van der Waals surface area contributed by atoms with Crippen molar-refractivity contribution in [2.45, 2.75) is 56.0 Å². The second kappa shape index (κ2) is 12.6. The van der Waals surface area contributed by atoms with Crippen molar-refractivity contribution < 1.29 is 22.7 Å². The molecular formula is C31H35N3O5S. The van der Waals surface area contributed by atoms with E-state index >= 15 is 0 Å². The van der Waals surface area contributed by atoms with Gasteiger partial charge in [0.15, 0.2) is 14.9 Å². The molecule has 210 valence electrons. The van der Waals surface area contributed by atoms with Gasteiger partial charge in [-0.3, -0.25) is 9.59 Å². The number of para-hydroxylation sites is 1. The van der Waals surface area contributed by atoms with Crippen LogP contribution in [0.4, 0.5) is 5.69 Å². The molecule has 9 heteroatoms. The Labute approximate surface area is 235 Å². The van der Waals surface area contributed by atoms with Crippen LogP contribution >= 0.6 is 0 Å². The summed E-state index contributed by atoms with van der Waals surface area (Å²) < 4.78 is 30.4. The number of ether oxygens (including phenoxy) is 1. The van der Waals surface area contributed by atoms with Gasteiger partial charge >= 0.3 is 0 Å². The van der Waals surface area contributed by atoms with Gasteiger partial charge in [0.2, 0.25) is 5.91 Å². The molecular weight excluding hydrogens is 526 g/mol. The van der Waals surface area contributed by atoms with Crippen molar-refractivity contribution in [1.29, 1.82) is 0 Å². The molecule has 5 rings (SSSR count). The van der Waals surface area contributed by atoms with E-state index in [2.05, 4.69) is 11.1 Å². The van der Waals surface area contributed by atoms with Crippen LogP contribution in [-0.4, -0.2) is 61.6 Å². The highest BCUT2D eigenvalue weighted by atomic mass is 32.2. The van der Waals surface area contributed by atoms with Gasteiger partial charge in [-0.05, 0) is 86.6 Å². The van der Waals surface area contributed by atoms with E-state index in [1.165, 1.54) is 17.8 Å². The van der Waals surface area contributed by atoms with E-state index in [-0.39, 0.29) is 28.6 Å². The van der Waals surface area contributed by atoms with Crippen LogP contribution in [0.15, 0.2) is 78.0 Å². The first-order valence-electron chi connectivity index (χ1n) is 14.0. The summed E-state index contributed by atoms with van der Waals surface area (Å²) in [6.45, 7) is 1.70. The minimum absolute atomic E-state index is 0.00974. The summed E-state index contributed by atoms with van der Waals surface area (Å²) in [5.41, 5.74) is 2.86. The van der Waals surface area contributed by atoms with Gasteiger partial charge < -0.3 is 14.5 Å². The molecule has 2 aliphatic rings. The summed E-state index contributed by atoms with van der Waals surface area (Å²) >= 11 is 0. The van der Waals surface area contributed by atoms with Gasteiger partial charge in [0.05, 0.1) is 12.4 Å². The fourth-order valence-corrected chi connectivity index (χ4v) is 6.75. The predicted octanol–water partition coefficient (Wildman–Crippen LogP) is 4.69. The molecule has 1 fully saturated rings. The maximum absolute atomic E-state index is 13.1. The quantitative estimate of drug-likeness (QED) is 0.333. The zero-order valence-electron chi connectivity index (χ0n) is 22.6. The number of hydrogen-bond donors (Lipinski definition) is 0. The van der Waals surface area contributed by atoms with E-state index in [1.54, 1.807) is 36.4 Å². The summed E-state index contributed by atoms with van der Waals surface area (Å²) in [6.07, 6.45) is 6.35. The number of aromatic nitrogens is 1. The Bertz CT molecular complexity index is 1420. The third-order valence-electron chi connectivity index (χ3n) is 7.63. The van der Waals surface area contributed by atoms with Gasteiger partial charge in [-0.1, -0.05) is 24.3 Å². The molecule has 8 nitrogen and oxygen atoms in total. The van der Waals surface area contributed by atoms with Gasteiger partial charge in [-0.25, -0.2) is 13.4 Å². The van der Waals surface area contributed by atoms with Crippen molar-refractivity contribution in [3.63, 3.8) is 0 Å². The number of piperidine rings is 1. The third-order valence-corrected chi connectivity index (χ3v) is 9.33. The SMILES string of the molecule is O=C(c1ccc(OCCCCCS(=O)(=O)c2ccccn2)cc1)N1CCC(N2C(=O)CCc3ccccc32)CC1. The minimum Gasteiger partial charge on any atom is -0.494 e. The van der Waals surface area contributed by atoms with Crippen molar-refractivity contribution in [3.05, 3.63) is 84.1 Å². The Morgan fingerprint density at radius 3 is 2.40 bits per heavy atom. The van der Waals surface area contributed by atoms with E-state index in [0.29, 0.717) is 43.9 Å². The fraction of sp³-hybridized carbons (Fsp3) is 0.387. The molecule has 0 bridgehead atoms. The lowest BCUT2D eigenvalue weighted by molar-refractivity contribution is -0.119. The number of likely N-dealkylation sites (tertiary alicyclic amines) is 1. The smallest absolute Gasteiger partial charge is 0.253 e. The number of carbonyl (C=O) groups excluding carboxylic acids is 2. The molecule has 2 aromatic carbocycles. The number of fused-ring (bicyclic) bond motifs is 1. The normalized spacial score (nSPS) is 16.1. The highest BCUT2D eigenvalue weighted by molar-refractivity contribution is 7.91. The summed E-state index contributed by atoms with van der Waals surface area (Å²) in [4.78, 5) is 33.6. The van der Waals surface area contributed by atoms with Gasteiger partial charge in [0.1, 0.15) is 5.75 Å². The Balaban J connectivity index is 1.05. The van der Waals surface area contributed by atoms with E-state index in [0.717, 1.165) is 37.8 Å². The maximum atomic E-state index is 13.1. The molecule has 2 amide bonds. The molecule has 0 unspecified atom stereocenters. The van der Waals surface area contributed by atoms with E-state index in [9.17, 15) is 18.0 Å². The number of aryl methyl sites for hydroxylation is 1. The number of rotatable bonds is 10. The molecule has 0 saturated carbocycles. The van der Waals surface area contributed by atoms with Crippen LogP contribution in [-0.2, 0) is 21.1 Å². The van der Waals surface area contributed by atoms with Crippen LogP contribution in [0, 0.1) is 0 Å². The first-order valence-corrected chi connectivity index (χ1v) is 15.6. The fourth-order valence-electron chi connectivity index (χ4n) is 5.45. The van der Waals surface area contributed by atoms with Crippen LogP contribution in [0.25, 0.3) is 0 Å². The van der Waals surface area contributed by atoms with Gasteiger partial charge in [-0.15, -0.1) is 0 Å². The average molecular weight is 562 g/mol. The van der Waals surface area contributed by atoms with Crippen molar-refractivity contribution in [1.82, 2.24) is 9.88 Å². The molecule has 0 aliphatic carbocycles. The molecule has 2 aliphatic heterocycles. The number of benzene rings is 2. The van der Waals surface area contributed by atoms with E-state index < -0.39 is 9.84 Å². The van der Waals surface area contributed by atoms with Crippen LogP contribution in [0.3, 0.4) is 0 Å². The summed E-state index contributed by atoms with van der Waals surface area (Å²) in [7, 11) is -3.35. The summed E-state index contributed by atoms with van der Waals surface area (Å²) in [6, 6.07) is 20.3. The Morgan fingerprint density at radius 1 is 0.900 bits per heavy atom. The number of anilines is 1. The molecule has 0 spiro atoms. The van der Waals surface area contributed by atoms with Gasteiger partial charge in [0, 0.05) is 43.0 Å². The maximum Gasteiger partial charge on any atom is 0.253 e. The zero-order chi connectivity index (χ0) is 28.0. The van der Waals surface area contributed by atoms with E-state index in [1.807, 2.05) is 28.0 Å². The lowest BCUT2D eigenvalue weighted by Crippen LogP contribution is -2.50. The van der Waals surface area contributed by atoms with E-state index in [4.69, 9.17) is 4.74 Å². The molecule has 3 aromatic rings. The molecule has 0 N–H and O–H groups in total. The number of sulfone groups is 1. The first-order chi connectivity index (χ1) is 19.4. The highest BCUT2D eigenvalue weighted by Gasteiger charge is 2.33.